The van der Waals surface area contributed by atoms with Gasteiger partial charge in [0.1, 0.15) is 0 Å². The summed E-state index contributed by atoms with van der Waals surface area (Å²) in [4.78, 5) is 21.8. The van der Waals surface area contributed by atoms with E-state index in [1.165, 1.54) is 18.2 Å². The average Bonchev–Trinajstić information content (AvgIpc) is 2.92. The molecule has 0 spiro atoms. The maximum Gasteiger partial charge on any atom is 0.319 e. The maximum absolute atomic E-state index is 11.7. The first-order valence-corrected chi connectivity index (χ1v) is 5.61. The van der Waals surface area contributed by atoms with Gasteiger partial charge >= 0.3 is 6.03 Å². The number of hydrogen-bond acceptors (Lipinski definition) is 6. The average molecular weight is 277 g/mol. The molecule has 0 bridgehead atoms. The van der Waals surface area contributed by atoms with Crippen LogP contribution >= 0.6 is 0 Å². The monoisotopic (exact) mass is 277 g/mol. The predicted octanol–water partition coefficient (Wildman–Crippen LogP) is 0.991. The lowest BCUT2D eigenvalue weighted by atomic mass is 10.3. The molecule has 2 aromatic rings. The minimum atomic E-state index is -0.537. The van der Waals surface area contributed by atoms with Crippen molar-refractivity contribution in [1.82, 2.24) is 25.9 Å². The van der Waals surface area contributed by atoms with Gasteiger partial charge in [0.05, 0.1) is 11.0 Å². The van der Waals surface area contributed by atoms with Crippen LogP contribution in [0.15, 0.2) is 24.3 Å². The number of hydrogen-bond donors (Lipinski definition) is 3. The molecule has 1 aromatic heterocycles. The Morgan fingerprint density at radius 1 is 1.50 bits per heavy atom. The number of anilines is 1. The number of rotatable bonds is 4. The van der Waals surface area contributed by atoms with Gasteiger partial charge in [-0.3, -0.25) is 10.1 Å². The Kier molecular flexibility index (Phi) is 3.84. The van der Waals surface area contributed by atoms with Crippen LogP contribution in [0.5, 0.6) is 0 Å². The van der Waals surface area contributed by atoms with Gasteiger partial charge in [0.25, 0.3) is 5.69 Å². The highest BCUT2D eigenvalue weighted by Crippen LogP contribution is 2.17. The summed E-state index contributed by atoms with van der Waals surface area (Å²) in [6, 6.07) is 4.65. The van der Waals surface area contributed by atoms with Crippen molar-refractivity contribution in [1.29, 1.82) is 0 Å². The molecule has 0 saturated carbocycles. The first-order valence-electron chi connectivity index (χ1n) is 5.61. The van der Waals surface area contributed by atoms with Gasteiger partial charge in [0.15, 0.2) is 5.82 Å². The maximum atomic E-state index is 11.7. The number of nitrogens with zero attached hydrogens (tertiary/aromatic N) is 4. The molecule has 1 aromatic carbocycles. The lowest BCUT2D eigenvalue weighted by Crippen LogP contribution is -2.31. The fraction of sp³-hybridized carbons (Fsp3) is 0.200. The number of tetrazole rings is 1. The summed E-state index contributed by atoms with van der Waals surface area (Å²) in [7, 11) is 0. The highest BCUT2D eigenvalue weighted by Gasteiger charge is 2.14. The van der Waals surface area contributed by atoms with Crippen LogP contribution in [-0.4, -0.2) is 31.6 Å². The quantitative estimate of drug-likeness (QED) is 0.562. The first-order chi connectivity index (χ1) is 9.56. The van der Waals surface area contributed by atoms with Gasteiger partial charge in [-0.25, -0.2) is 4.79 Å². The summed E-state index contributed by atoms with van der Waals surface area (Å²) < 4.78 is 0. The predicted molar refractivity (Wildman–Crippen MR) is 67.8 cm³/mol. The zero-order chi connectivity index (χ0) is 14.5. The summed E-state index contributed by atoms with van der Waals surface area (Å²) in [6.07, 6.45) is 0. The van der Waals surface area contributed by atoms with E-state index in [0.717, 1.165) is 0 Å². The molecule has 2 amide bonds. The third-order valence-corrected chi connectivity index (χ3v) is 2.41. The molecule has 2 rings (SSSR count). The van der Waals surface area contributed by atoms with Crippen molar-refractivity contribution in [3.8, 4) is 0 Å². The Labute approximate surface area is 112 Å². The van der Waals surface area contributed by atoms with E-state index in [1.54, 1.807) is 13.0 Å². The highest BCUT2D eigenvalue weighted by molar-refractivity contribution is 5.89. The number of aromatic nitrogens is 4. The van der Waals surface area contributed by atoms with Crippen LogP contribution in [-0.2, 0) is 0 Å². The van der Waals surface area contributed by atoms with Gasteiger partial charge in [-0.15, -0.1) is 10.2 Å². The summed E-state index contributed by atoms with van der Waals surface area (Å²) in [5.74, 6) is 0.333. The van der Waals surface area contributed by atoms with Crippen LogP contribution < -0.4 is 10.6 Å². The van der Waals surface area contributed by atoms with Crippen LogP contribution in [0.25, 0.3) is 0 Å². The van der Waals surface area contributed by atoms with E-state index in [1.807, 2.05) is 0 Å². The molecule has 0 aliphatic heterocycles. The number of amides is 2. The fourth-order valence-corrected chi connectivity index (χ4v) is 1.48. The second-order valence-corrected chi connectivity index (χ2v) is 3.90. The molecule has 1 heterocycles. The van der Waals surface area contributed by atoms with Gasteiger partial charge in [0.2, 0.25) is 0 Å². The van der Waals surface area contributed by atoms with Crippen molar-refractivity contribution >= 4 is 17.4 Å². The molecule has 0 aliphatic carbocycles. The van der Waals surface area contributed by atoms with Crippen molar-refractivity contribution in [3.63, 3.8) is 0 Å². The lowest BCUT2D eigenvalue weighted by Gasteiger charge is -2.11. The van der Waals surface area contributed by atoms with Gasteiger partial charge < -0.3 is 10.6 Å². The highest BCUT2D eigenvalue weighted by atomic mass is 16.6. The minimum Gasteiger partial charge on any atom is -0.328 e. The molecule has 10 heteroatoms. The number of nitrogens with one attached hydrogen (secondary N) is 3. The van der Waals surface area contributed by atoms with Gasteiger partial charge in [-0.1, -0.05) is 11.3 Å². The van der Waals surface area contributed by atoms with Crippen molar-refractivity contribution in [2.24, 2.45) is 0 Å². The number of carbonyl (C=O) groups is 1. The van der Waals surface area contributed by atoms with E-state index in [-0.39, 0.29) is 5.69 Å². The Hall–Kier alpha value is -3.04. The molecule has 0 saturated heterocycles. The van der Waals surface area contributed by atoms with Crippen molar-refractivity contribution in [2.45, 2.75) is 13.0 Å². The van der Waals surface area contributed by atoms with Crippen LogP contribution in [0, 0.1) is 10.1 Å². The van der Waals surface area contributed by atoms with Crippen LogP contribution in [0.1, 0.15) is 18.8 Å². The topological polar surface area (TPSA) is 139 Å². The number of urea groups is 1. The third-order valence-electron chi connectivity index (χ3n) is 2.41. The number of benzene rings is 1. The fourth-order valence-electron chi connectivity index (χ4n) is 1.48. The number of carbonyl (C=O) groups excluding carboxylic acids is 1. The lowest BCUT2D eigenvalue weighted by molar-refractivity contribution is -0.384. The molecular weight excluding hydrogens is 266 g/mol. The second kappa shape index (κ2) is 5.73. The summed E-state index contributed by atoms with van der Waals surface area (Å²) in [5.41, 5.74) is 0.214. The molecule has 0 radical (unpaired) electrons. The molecule has 0 aliphatic rings. The zero-order valence-corrected chi connectivity index (χ0v) is 10.4. The van der Waals surface area contributed by atoms with E-state index in [9.17, 15) is 14.9 Å². The van der Waals surface area contributed by atoms with Crippen molar-refractivity contribution in [3.05, 3.63) is 40.2 Å². The number of non-ortho nitro benzene ring substituents is 1. The summed E-state index contributed by atoms with van der Waals surface area (Å²) in [6.45, 7) is 1.68. The molecule has 10 nitrogen and oxygen atoms in total. The molecule has 0 fully saturated rings. The molecule has 1 atom stereocenters. The Balaban J connectivity index is 1.98. The van der Waals surface area contributed by atoms with E-state index < -0.39 is 17.0 Å². The molecular formula is C10H11N7O3. The molecule has 3 N–H and O–H groups in total. The Morgan fingerprint density at radius 2 is 2.30 bits per heavy atom. The number of H-pyrrole nitrogens is 1. The van der Waals surface area contributed by atoms with E-state index in [4.69, 9.17) is 0 Å². The number of nitro groups is 1. The van der Waals surface area contributed by atoms with Crippen molar-refractivity contribution in [2.75, 3.05) is 5.32 Å². The smallest absolute Gasteiger partial charge is 0.319 e. The van der Waals surface area contributed by atoms with Gasteiger partial charge in [-0.05, 0) is 13.0 Å². The molecule has 20 heavy (non-hydrogen) atoms. The zero-order valence-electron chi connectivity index (χ0n) is 10.4. The Morgan fingerprint density at radius 3 is 2.95 bits per heavy atom. The van der Waals surface area contributed by atoms with Gasteiger partial charge in [-0.2, -0.15) is 5.21 Å². The molecule has 1 unspecified atom stereocenters. The number of aromatic amines is 1. The normalized spacial score (nSPS) is 11.7. The third kappa shape index (κ3) is 3.25. The SMILES string of the molecule is CC(NC(=O)Nc1cccc([N+](=O)[O-])c1)c1nn[nH]n1. The van der Waals surface area contributed by atoms with Gasteiger partial charge in [0, 0.05) is 17.8 Å². The summed E-state index contributed by atoms with van der Waals surface area (Å²) in [5, 5.41) is 28.8. The van der Waals surface area contributed by atoms with Crippen LogP contribution in [0.4, 0.5) is 16.2 Å². The minimum absolute atomic E-state index is 0.103. The van der Waals surface area contributed by atoms with Crippen LogP contribution in [0.2, 0.25) is 0 Å². The largest absolute Gasteiger partial charge is 0.328 e. The standard InChI is InChI=1S/C10H11N7O3/c1-6(9-13-15-16-14-9)11-10(18)12-7-3-2-4-8(5-7)17(19)20/h2-6H,1H3,(H2,11,12,18)(H,13,14,15,16). The Bertz CT molecular complexity index is 613. The van der Waals surface area contributed by atoms with Crippen molar-refractivity contribution < 1.29 is 9.72 Å². The van der Waals surface area contributed by atoms with E-state index >= 15 is 0 Å². The first kappa shape index (κ1) is 13.4. The van der Waals surface area contributed by atoms with E-state index in [2.05, 4.69) is 31.3 Å². The number of nitro benzene ring substituents is 1. The second-order valence-electron chi connectivity index (χ2n) is 3.90. The summed E-state index contributed by atoms with van der Waals surface area (Å²) >= 11 is 0. The van der Waals surface area contributed by atoms with Crippen LogP contribution in [0.3, 0.4) is 0 Å². The van der Waals surface area contributed by atoms with E-state index in [0.29, 0.717) is 11.5 Å². The molecule has 104 valence electrons.